The number of amides is 2. The van der Waals surface area contributed by atoms with E-state index < -0.39 is 17.8 Å². The third-order valence-corrected chi connectivity index (χ3v) is 4.47. The first-order valence-electron chi connectivity index (χ1n) is 9.76. The minimum Gasteiger partial charge on any atom is -0.462 e. The lowest BCUT2D eigenvalue weighted by Gasteiger charge is -2.20. The maximum absolute atomic E-state index is 12.5. The number of benzene rings is 2. The number of anilines is 2. The van der Waals surface area contributed by atoms with Crippen molar-refractivity contribution in [3.05, 3.63) is 59.2 Å². The summed E-state index contributed by atoms with van der Waals surface area (Å²) in [5, 5.41) is 5.34. The molecule has 2 rings (SSSR count). The molecule has 0 aliphatic heterocycles. The van der Waals surface area contributed by atoms with Gasteiger partial charge in [-0.25, -0.2) is 4.79 Å². The average molecular weight is 396 g/mol. The molecular formula is C23H28N2O4. The zero-order chi connectivity index (χ0) is 21.6. The van der Waals surface area contributed by atoms with Crippen LogP contribution in [0.4, 0.5) is 11.4 Å². The first-order chi connectivity index (χ1) is 13.7. The number of nitrogens with one attached hydrogen (secondary N) is 2. The molecule has 2 aromatic rings. The van der Waals surface area contributed by atoms with Crippen molar-refractivity contribution in [2.75, 3.05) is 17.2 Å². The van der Waals surface area contributed by atoms with Crippen LogP contribution in [0.2, 0.25) is 0 Å². The zero-order valence-corrected chi connectivity index (χ0v) is 17.5. The fraction of sp³-hybridized carbons (Fsp3) is 0.348. The lowest BCUT2D eigenvalue weighted by atomic mass is 9.92. The number of para-hydroxylation sites is 1. The first kappa shape index (κ1) is 22.1. The lowest BCUT2D eigenvalue weighted by molar-refractivity contribution is -0.133. The van der Waals surface area contributed by atoms with Crippen molar-refractivity contribution in [3.63, 3.8) is 0 Å². The third-order valence-electron chi connectivity index (χ3n) is 4.47. The van der Waals surface area contributed by atoms with Gasteiger partial charge in [0.15, 0.2) is 0 Å². The van der Waals surface area contributed by atoms with Gasteiger partial charge in [-0.1, -0.05) is 45.9 Å². The summed E-state index contributed by atoms with van der Waals surface area (Å²) in [4.78, 5) is 36.6. The molecule has 0 saturated carbocycles. The largest absolute Gasteiger partial charge is 0.462 e. The second-order valence-electron chi connectivity index (χ2n) is 7.33. The maximum Gasteiger partial charge on any atom is 0.338 e. The van der Waals surface area contributed by atoms with Crippen molar-refractivity contribution in [3.8, 4) is 0 Å². The van der Waals surface area contributed by atoms with Gasteiger partial charge in [-0.05, 0) is 54.2 Å². The molecule has 29 heavy (non-hydrogen) atoms. The Kier molecular flexibility index (Phi) is 7.53. The molecule has 2 aromatic carbocycles. The Hall–Kier alpha value is -3.15. The molecular weight excluding hydrogens is 368 g/mol. The fourth-order valence-corrected chi connectivity index (χ4v) is 2.96. The van der Waals surface area contributed by atoms with Gasteiger partial charge >= 0.3 is 17.8 Å². The van der Waals surface area contributed by atoms with Crippen molar-refractivity contribution in [2.24, 2.45) is 0 Å². The normalized spacial score (nSPS) is 10.7. The number of hydrogen-bond donors (Lipinski definition) is 2. The van der Waals surface area contributed by atoms with Crippen molar-refractivity contribution in [2.45, 2.75) is 46.5 Å². The SMILES string of the molecule is CCOC(=O)c1ccc(NC(=O)C(=O)Nc2c(C(C)C)cccc2C(C)C)cc1. The Labute approximate surface area is 171 Å². The Morgan fingerprint density at radius 3 is 1.83 bits per heavy atom. The number of carbonyl (C=O) groups is 3. The van der Waals surface area contributed by atoms with Crippen molar-refractivity contribution >= 4 is 29.2 Å². The molecule has 0 atom stereocenters. The van der Waals surface area contributed by atoms with Crippen LogP contribution in [0.5, 0.6) is 0 Å². The van der Waals surface area contributed by atoms with Crippen molar-refractivity contribution in [1.29, 1.82) is 0 Å². The van der Waals surface area contributed by atoms with E-state index in [1.165, 1.54) is 12.1 Å². The molecule has 0 spiro atoms. The van der Waals surface area contributed by atoms with Crippen LogP contribution >= 0.6 is 0 Å². The van der Waals surface area contributed by atoms with E-state index in [0.717, 1.165) is 11.1 Å². The van der Waals surface area contributed by atoms with E-state index >= 15 is 0 Å². The predicted octanol–water partition coefficient (Wildman–Crippen LogP) is 4.69. The minimum atomic E-state index is -0.776. The van der Waals surface area contributed by atoms with Crippen LogP contribution in [0.25, 0.3) is 0 Å². The second kappa shape index (κ2) is 9.87. The maximum atomic E-state index is 12.5. The highest BCUT2D eigenvalue weighted by atomic mass is 16.5. The molecule has 6 nitrogen and oxygen atoms in total. The number of hydrogen-bond acceptors (Lipinski definition) is 4. The van der Waals surface area contributed by atoms with Crippen molar-refractivity contribution in [1.82, 2.24) is 0 Å². The van der Waals surface area contributed by atoms with Crippen LogP contribution in [-0.4, -0.2) is 24.4 Å². The summed E-state index contributed by atoms with van der Waals surface area (Å²) in [7, 11) is 0. The molecule has 0 heterocycles. The van der Waals surface area contributed by atoms with E-state index in [2.05, 4.69) is 10.6 Å². The Morgan fingerprint density at radius 2 is 1.34 bits per heavy atom. The van der Waals surface area contributed by atoms with Crippen LogP contribution in [0.3, 0.4) is 0 Å². The third kappa shape index (κ3) is 5.67. The van der Waals surface area contributed by atoms with Gasteiger partial charge in [0.05, 0.1) is 12.2 Å². The van der Waals surface area contributed by atoms with Crippen LogP contribution in [-0.2, 0) is 14.3 Å². The first-order valence-corrected chi connectivity index (χ1v) is 9.76. The molecule has 0 bridgehead atoms. The highest BCUT2D eigenvalue weighted by molar-refractivity contribution is 6.43. The summed E-state index contributed by atoms with van der Waals surface area (Å²) in [5.74, 6) is -1.56. The monoisotopic (exact) mass is 396 g/mol. The summed E-state index contributed by atoms with van der Waals surface area (Å²) < 4.78 is 4.92. The molecule has 0 unspecified atom stereocenters. The van der Waals surface area contributed by atoms with Gasteiger partial charge in [-0.3, -0.25) is 9.59 Å². The Morgan fingerprint density at radius 1 is 0.828 bits per heavy atom. The van der Waals surface area contributed by atoms with E-state index in [4.69, 9.17) is 4.74 Å². The fourth-order valence-electron chi connectivity index (χ4n) is 2.96. The summed E-state index contributed by atoms with van der Waals surface area (Å²) in [5.41, 5.74) is 3.45. The Balaban J connectivity index is 2.14. The molecule has 0 aliphatic carbocycles. The van der Waals surface area contributed by atoms with E-state index in [0.29, 0.717) is 16.9 Å². The second-order valence-corrected chi connectivity index (χ2v) is 7.33. The van der Waals surface area contributed by atoms with Gasteiger partial charge in [0.2, 0.25) is 0 Å². The van der Waals surface area contributed by atoms with Gasteiger partial charge in [0, 0.05) is 11.4 Å². The Bertz CT molecular complexity index is 860. The average Bonchev–Trinajstić information content (AvgIpc) is 2.68. The topological polar surface area (TPSA) is 84.5 Å². The van der Waals surface area contributed by atoms with Crippen molar-refractivity contribution < 1.29 is 19.1 Å². The van der Waals surface area contributed by atoms with Crippen LogP contribution in [0.1, 0.15) is 67.9 Å². The summed E-state index contributed by atoms with van der Waals surface area (Å²) in [6.45, 7) is 10.2. The quantitative estimate of drug-likeness (QED) is 0.548. The summed E-state index contributed by atoms with van der Waals surface area (Å²) >= 11 is 0. The summed E-state index contributed by atoms with van der Waals surface area (Å²) in [6, 6.07) is 12.1. The van der Waals surface area contributed by atoms with Crippen LogP contribution in [0.15, 0.2) is 42.5 Å². The lowest BCUT2D eigenvalue weighted by Crippen LogP contribution is -2.30. The van der Waals surface area contributed by atoms with Crippen LogP contribution < -0.4 is 10.6 Å². The van der Waals surface area contributed by atoms with Gasteiger partial charge in [0.25, 0.3) is 0 Å². The number of rotatable bonds is 6. The van der Waals surface area contributed by atoms with Crippen LogP contribution in [0, 0.1) is 0 Å². The minimum absolute atomic E-state index is 0.197. The molecule has 0 radical (unpaired) electrons. The van der Waals surface area contributed by atoms with E-state index in [1.54, 1.807) is 19.1 Å². The van der Waals surface area contributed by atoms with Gasteiger partial charge < -0.3 is 15.4 Å². The number of carbonyl (C=O) groups excluding carboxylic acids is 3. The molecule has 2 amide bonds. The highest BCUT2D eigenvalue weighted by Crippen LogP contribution is 2.32. The molecule has 0 fully saturated rings. The smallest absolute Gasteiger partial charge is 0.338 e. The standard InChI is InChI=1S/C23H28N2O4/c1-6-29-23(28)16-10-12-17(13-11-16)24-21(26)22(27)25-20-18(14(2)3)8-7-9-19(20)15(4)5/h7-15H,6H2,1-5H3,(H,24,26)(H,25,27). The molecule has 0 saturated heterocycles. The van der Waals surface area contributed by atoms with Gasteiger partial charge in [0.1, 0.15) is 0 Å². The zero-order valence-electron chi connectivity index (χ0n) is 17.5. The molecule has 2 N–H and O–H groups in total. The van der Waals surface area contributed by atoms with Gasteiger partial charge in [-0.2, -0.15) is 0 Å². The van der Waals surface area contributed by atoms with E-state index in [9.17, 15) is 14.4 Å². The molecule has 154 valence electrons. The molecule has 0 aliphatic rings. The van der Waals surface area contributed by atoms with E-state index in [1.807, 2.05) is 45.9 Å². The molecule has 6 heteroatoms. The highest BCUT2D eigenvalue weighted by Gasteiger charge is 2.20. The predicted molar refractivity (Wildman–Crippen MR) is 114 cm³/mol. The number of esters is 1. The number of ether oxygens (including phenoxy) is 1. The summed E-state index contributed by atoms with van der Waals surface area (Å²) in [6.07, 6.45) is 0. The van der Waals surface area contributed by atoms with E-state index in [-0.39, 0.29) is 18.4 Å². The van der Waals surface area contributed by atoms with Gasteiger partial charge in [-0.15, -0.1) is 0 Å². The molecule has 0 aromatic heterocycles.